The molecular formula is C17H17N5O6Se. The number of nitro groups is 1. The zero-order valence-corrected chi connectivity index (χ0v) is 16.6. The molecule has 152 valence electrons. The third-order valence-corrected chi connectivity index (χ3v) is 6.84. The van der Waals surface area contributed by atoms with E-state index in [2.05, 4.69) is 15.0 Å². The molecule has 12 heteroatoms. The summed E-state index contributed by atoms with van der Waals surface area (Å²) in [5, 5.41) is 40.9. The van der Waals surface area contributed by atoms with Gasteiger partial charge in [0.1, 0.15) is 0 Å². The molecule has 1 fully saturated rings. The molecule has 4 unspecified atom stereocenters. The van der Waals surface area contributed by atoms with Gasteiger partial charge in [-0.2, -0.15) is 0 Å². The number of hydrogen-bond donors (Lipinski definition) is 3. The first-order valence-corrected chi connectivity index (χ1v) is 10.7. The molecule has 3 aromatic rings. The molecule has 4 atom stereocenters. The van der Waals surface area contributed by atoms with Gasteiger partial charge in [-0.25, -0.2) is 0 Å². The molecule has 4 rings (SSSR count). The van der Waals surface area contributed by atoms with Crippen LogP contribution < -0.4 is 4.59 Å². The first-order chi connectivity index (χ1) is 14.0. The molecule has 11 nitrogen and oxygen atoms in total. The topological polar surface area (TPSA) is 157 Å². The standard InChI is InChI=1S/C17H17N5O6Se/c23-5-11-13(24)14(25)17(28-11)21-8-20-12-15(21)18-7-19-16(12)29-6-9-1-3-10(4-2-9)22(26)27/h1-4,7-8,11,13-14,17,23-25H,5-6H2. The van der Waals surface area contributed by atoms with Crippen LogP contribution >= 0.6 is 0 Å². The van der Waals surface area contributed by atoms with Crippen LogP contribution in [0.2, 0.25) is 0 Å². The number of non-ortho nitro benzene ring substituents is 1. The van der Waals surface area contributed by atoms with Gasteiger partial charge < -0.3 is 0 Å². The van der Waals surface area contributed by atoms with Gasteiger partial charge in [-0.15, -0.1) is 0 Å². The Labute approximate surface area is 170 Å². The molecule has 0 spiro atoms. The summed E-state index contributed by atoms with van der Waals surface area (Å²) in [6.07, 6.45) is -1.39. The SMILES string of the molecule is O=[N+]([O-])c1ccc(C[Se]c2ncnc3c2ncn3C2OC(CO)C(O)C2O)cc1. The number of nitro benzene ring substituents is 1. The predicted molar refractivity (Wildman–Crippen MR) is 101 cm³/mol. The summed E-state index contributed by atoms with van der Waals surface area (Å²) in [5.41, 5.74) is 2.01. The zero-order valence-electron chi connectivity index (χ0n) is 14.9. The number of imidazole rings is 1. The Morgan fingerprint density at radius 1 is 1.17 bits per heavy atom. The number of benzene rings is 1. The molecule has 1 saturated heterocycles. The molecular weight excluding hydrogens is 449 g/mol. The van der Waals surface area contributed by atoms with Crippen molar-refractivity contribution in [2.75, 3.05) is 6.61 Å². The van der Waals surface area contributed by atoms with E-state index in [0.717, 1.165) is 10.2 Å². The zero-order chi connectivity index (χ0) is 20.5. The molecule has 1 aliphatic heterocycles. The number of aliphatic hydroxyl groups excluding tert-OH is 3. The molecule has 0 radical (unpaired) electrons. The molecule has 2 aromatic heterocycles. The third-order valence-electron chi connectivity index (χ3n) is 4.64. The summed E-state index contributed by atoms with van der Waals surface area (Å²) < 4.78 is 7.81. The van der Waals surface area contributed by atoms with Crippen LogP contribution in [0.4, 0.5) is 5.69 Å². The summed E-state index contributed by atoms with van der Waals surface area (Å²) in [5.74, 6) is 0. The van der Waals surface area contributed by atoms with Crippen LogP contribution in [0, 0.1) is 10.1 Å². The normalized spacial score (nSPS) is 24.2. The Hall–Kier alpha value is -2.47. The average molecular weight is 466 g/mol. The van der Waals surface area contributed by atoms with E-state index in [-0.39, 0.29) is 20.6 Å². The maximum absolute atomic E-state index is 10.8. The summed E-state index contributed by atoms with van der Waals surface area (Å²) >= 11 is -0.112. The molecule has 3 N–H and O–H groups in total. The maximum atomic E-state index is 10.8. The Bertz CT molecular complexity index is 1030. The van der Waals surface area contributed by atoms with E-state index < -0.39 is 36.1 Å². The van der Waals surface area contributed by atoms with E-state index in [1.165, 1.54) is 29.4 Å². The second-order valence-corrected chi connectivity index (χ2v) is 8.47. The minimum absolute atomic E-state index is 0.0444. The molecule has 0 amide bonds. The molecule has 1 aromatic carbocycles. The fourth-order valence-corrected chi connectivity index (χ4v) is 4.98. The quantitative estimate of drug-likeness (QED) is 0.233. The van der Waals surface area contributed by atoms with Crippen LogP contribution in [-0.2, 0) is 10.1 Å². The van der Waals surface area contributed by atoms with Crippen molar-refractivity contribution in [1.29, 1.82) is 0 Å². The van der Waals surface area contributed by atoms with E-state index in [0.29, 0.717) is 16.5 Å². The first kappa shape index (κ1) is 19.8. The van der Waals surface area contributed by atoms with Gasteiger partial charge in [-0.1, -0.05) is 0 Å². The number of rotatable bonds is 6. The summed E-state index contributed by atoms with van der Waals surface area (Å²) in [4.78, 5) is 23.2. The van der Waals surface area contributed by atoms with Crippen molar-refractivity contribution in [2.45, 2.75) is 29.9 Å². The summed E-state index contributed by atoms with van der Waals surface area (Å²) in [7, 11) is 0. The third kappa shape index (κ3) is 3.73. The molecule has 0 saturated carbocycles. The molecule has 0 bridgehead atoms. The van der Waals surface area contributed by atoms with Gasteiger partial charge in [0.25, 0.3) is 0 Å². The van der Waals surface area contributed by atoms with E-state index >= 15 is 0 Å². The number of aromatic nitrogens is 4. The average Bonchev–Trinajstić information content (AvgIpc) is 3.28. The second-order valence-electron chi connectivity index (χ2n) is 6.44. The van der Waals surface area contributed by atoms with Crippen molar-refractivity contribution in [1.82, 2.24) is 19.5 Å². The number of fused-ring (bicyclic) bond motifs is 1. The number of hydrogen-bond acceptors (Lipinski definition) is 9. The van der Waals surface area contributed by atoms with Crippen LogP contribution in [-0.4, -0.2) is 79.6 Å². The summed E-state index contributed by atoms with van der Waals surface area (Å²) in [6, 6.07) is 6.38. The number of ether oxygens (including phenoxy) is 1. The van der Waals surface area contributed by atoms with Gasteiger partial charge in [0.2, 0.25) is 0 Å². The van der Waals surface area contributed by atoms with E-state index in [9.17, 15) is 25.4 Å². The van der Waals surface area contributed by atoms with Crippen LogP contribution in [0.3, 0.4) is 0 Å². The Morgan fingerprint density at radius 3 is 2.59 bits per heavy atom. The van der Waals surface area contributed by atoms with Crippen molar-refractivity contribution >= 4 is 36.4 Å². The van der Waals surface area contributed by atoms with Crippen LogP contribution in [0.5, 0.6) is 0 Å². The van der Waals surface area contributed by atoms with Crippen molar-refractivity contribution in [3.63, 3.8) is 0 Å². The van der Waals surface area contributed by atoms with Gasteiger partial charge >= 0.3 is 170 Å². The van der Waals surface area contributed by atoms with Crippen molar-refractivity contribution < 1.29 is 25.0 Å². The molecule has 29 heavy (non-hydrogen) atoms. The van der Waals surface area contributed by atoms with Gasteiger partial charge in [-0.3, -0.25) is 0 Å². The van der Waals surface area contributed by atoms with E-state index in [4.69, 9.17) is 4.74 Å². The fourth-order valence-electron chi connectivity index (χ4n) is 3.10. The van der Waals surface area contributed by atoms with Gasteiger partial charge in [0, 0.05) is 0 Å². The predicted octanol–water partition coefficient (Wildman–Crippen LogP) is -1.12. The number of aliphatic hydroxyl groups is 3. The first-order valence-electron chi connectivity index (χ1n) is 8.65. The van der Waals surface area contributed by atoms with Crippen LogP contribution in [0.15, 0.2) is 36.9 Å². The van der Waals surface area contributed by atoms with Gasteiger partial charge in [0.05, 0.1) is 0 Å². The molecule has 3 heterocycles. The monoisotopic (exact) mass is 467 g/mol. The van der Waals surface area contributed by atoms with Crippen molar-refractivity contribution in [3.05, 3.63) is 52.6 Å². The van der Waals surface area contributed by atoms with Gasteiger partial charge in [0.15, 0.2) is 0 Å². The summed E-state index contributed by atoms with van der Waals surface area (Å²) in [6.45, 7) is -0.417. The van der Waals surface area contributed by atoms with E-state index in [1.807, 2.05) is 0 Å². The Morgan fingerprint density at radius 2 is 1.93 bits per heavy atom. The van der Waals surface area contributed by atoms with Gasteiger partial charge in [-0.05, 0) is 0 Å². The second kappa shape index (κ2) is 8.11. The van der Waals surface area contributed by atoms with Crippen molar-refractivity contribution in [3.8, 4) is 0 Å². The number of nitrogens with zero attached hydrogens (tertiary/aromatic N) is 5. The van der Waals surface area contributed by atoms with Crippen molar-refractivity contribution in [2.24, 2.45) is 0 Å². The Kier molecular flexibility index (Phi) is 5.54. The molecule has 1 aliphatic rings. The van der Waals surface area contributed by atoms with E-state index in [1.54, 1.807) is 12.1 Å². The fraction of sp³-hybridized carbons (Fsp3) is 0.353. The Balaban J connectivity index is 1.55. The molecule has 0 aliphatic carbocycles. The van der Waals surface area contributed by atoms with Crippen LogP contribution in [0.25, 0.3) is 11.2 Å². The minimum atomic E-state index is -1.23. The van der Waals surface area contributed by atoms with Crippen LogP contribution in [0.1, 0.15) is 11.8 Å².